The number of fused-ring (bicyclic) bond motifs is 1. The third-order valence-corrected chi connectivity index (χ3v) is 4.19. The first-order valence-corrected chi connectivity index (χ1v) is 7.58. The third kappa shape index (κ3) is 3.45. The van der Waals surface area contributed by atoms with Gasteiger partial charge < -0.3 is 0 Å². The van der Waals surface area contributed by atoms with E-state index >= 15 is 0 Å². The van der Waals surface area contributed by atoms with E-state index in [1.54, 1.807) is 0 Å². The van der Waals surface area contributed by atoms with Crippen molar-refractivity contribution in [1.82, 2.24) is 0 Å². The van der Waals surface area contributed by atoms with E-state index in [0.29, 0.717) is 0 Å². The highest BCUT2D eigenvalue weighted by molar-refractivity contribution is 9.10. The molecule has 1 aliphatic rings. The van der Waals surface area contributed by atoms with E-state index in [1.165, 1.54) is 59.7 Å². The summed E-state index contributed by atoms with van der Waals surface area (Å²) in [6.07, 6.45) is 13.6. The zero-order chi connectivity index (χ0) is 12.1. The Kier molecular flexibility index (Phi) is 4.85. The SMILES string of the molecule is CCCCCCCc1cc(Br)c2c(c1)C=CC2. The van der Waals surface area contributed by atoms with Crippen LogP contribution in [0.5, 0.6) is 0 Å². The lowest BCUT2D eigenvalue weighted by Gasteiger charge is -2.07. The van der Waals surface area contributed by atoms with Crippen LogP contribution in [-0.4, -0.2) is 0 Å². The molecule has 0 atom stereocenters. The monoisotopic (exact) mass is 292 g/mol. The maximum Gasteiger partial charge on any atom is 0.0219 e. The number of halogens is 1. The van der Waals surface area contributed by atoms with Crippen molar-refractivity contribution in [2.45, 2.75) is 51.9 Å². The Bertz CT molecular complexity index is 404. The smallest absolute Gasteiger partial charge is 0.0219 e. The summed E-state index contributed by atoms with van der Waals surface area (Å²) in [5, 5.41) is 0. The van der Waals surface area contributed by atoms with Crippen molar-refractivity contribution in [2.24, 2.45) is 0 Å². The van der Waals surface area contributed by atoms with Crippen LogP contribution in [0, 0.1) is 0 Å². The first kappa shape index (κ1) is 12.9. The van der Waals surface area contributed by atoms with Gasteiger partial charge in [-0.2, -0.15) is 0 Å². The van der Waals surface area contributed by atoms with E-state index < -0.39 is 0 Å². The summed E-state index contributed by atoms with van der Waals surface area (Å²) in [5.41, 5.74) is 4.36. The Morgan fingerprint density at radius 2 is 1.94 bits per heavy atom. The molecule has 92 valence electrons. The molecular formula is C16H21Br. The molecule has 0 amide bonds. The van der Waals surface area contributed by atoms with Gasteiger partial charge in [-0.1, -0.05) is 66.8 Å². The van der Waals surface area contributed by atoms with Crippen LogP contribution in [-0.2, 0) is 12.8 Å². The Morgan fingerprint density at radius 3 is 2.76 bits per heavy atom. The average molecular weight is 293 g/mol. The lowest BCUT2D eigenvalue weighted by atomic mass is 10.0. The first-order valence-electron chi connectivity index (χ1n) is 6.79. The van der Waals surface area contributed by atoms with Crippen LogP contribution >= 0.6 is 15.9 Å². The Morgan fingerprint density at radius 1 is 1.12 bits per heavy atom. The fourth-order valence-electron chi connectivity index (χ4n) is 2.46. The molecule has 2 rings (SSSR count). The fourth-order valence-corrected chi connectivity index (χ4v) is 3.15. The van der Waals surface area contributed by atoms with Crippen molar-refractivity contribution in [2.75, 3.05) is 0 Å². The van der Waals surface area contributed by atoms with Crippen LogP contribution in [0.15, 0.2) is 22.7 Å². The molecule has 1 aromatic carbocycles. The molecule has 0 aliphatic heterocycles. The zero-order valence-electron chi connectivity index (χ0n) is 10.6. The van der Waals surface area contributed by atoms with Gasteiger partial charge >= 0.3 is 0 Å². The number of rotatable bonds is 6. The van der Waals surface area contributed by atoms with Gasteiger partial charge in [-0.3, -0.25) is 0 Å². The van der Waals surface area contributed by atoms with Gasteiger partial charge in [0.05, 0.1) is 0 Å². The molecule has 0 spiro atoms. The standard InChI is InChI=1S/C16H21Br/c1-2-3-4-5-6-8-13-11-14-9-7-10-15(14)16(17)12-13/h7,9,11-12H,2-6,8,10H2,1H3. The zero-order valence-corrected chi connectivity index (χ0v) is 12.2. The maximum atomic E-state index is 3.69. The van der Waals surface area contributed by atoms with Crippen LogP contribution in [0.4, 0.5) is 0 Å². The Hall–Kier alpha value is -0.560. The van der Waals surface area contributed by atoms with Crippen LogP contribution in [0.2, 0.25) is 0 Å². The van der Waals surface area contributed by atoms with Crippen molar-refractivity contribution in [3.63, 3.8) is 0 Å². The predicted molar refractivity (Wildman–Crippen MR) is 79.3 cm³/mol. The minimum absolute atomic E-state index is 1.09. The van der Waals surface area contributed by atoms with E-state index in [0.717, 1.165) is 6.42 Å². The summed E-state index contributed by atoms with van der Waals surface area (Å²) < 4.78 is 1.29. The topological polar surface area (TPSA) is 0 Å². The van der Waals surface area contributed by atoms with E-state index in [9.17, 15) is 0 Å². The van der Waals surface area contributed by atoms with Crippen LogP contribution in [0.1, 0.15) is 55.7 Å². The number of benzene rings is 1. The quantitative estimate of drug-likeness (QED) is 0.605. The summed E-state index contributed by atoms with van der Waals surface area (Å²) in [7, 11) is 0. The van der Waals surface area contributed by atoms with Crippen LogP contribution in [0.3, 0.4) is 0 Å². The summed E-state index contributed by atoms with van der Waals surface area (Å²) in [4.78, 5) is 0. The van der Waals surface area contributed by atoms with E-state index in [-0.39, 0.29) is 0 Å². The van der Waals surface area contributed by atoms with Crippen LogP contribution < -0.4 is 0 Å². The number of allylic oxidation sites excluding steroid dienone is 1. The van der Waals surface area contributed by atoms with Gasteiger partial charge in [0.15, 0.2) is 0 Å². The summed E-state index contributed by atoms with van der Waals surface area (Å²) >= 11 is 3.69. The molecule has 0 saturated heterocycles. The van der Waals surface area contributed by atoms with E-state index in [2.05, 4.69) is 47.1 Å². The largest absolute Gasteiger partial charge is 0.0795 e. The number of hydrogen-bond donors (Lipinski definition) is 0. The van der Waals surface area contributed by atoms with Gasteiger partial charge in [-0.25, -0.2) is 0 Å². The van der Waals surface area contributed by atoms with Crippen LogP contribution in [0.25, 0.3) is 6.08 Å². The van der Waals surface area contributed by atoms with Gasteiger partial charge in [0.2, 0.25) is 0 Å². The van der Waals surface area contributed by atoms with Gasteiger partial charge in [-0.15, -0.1) is 0 Å². The number of hydrogen-bond acceptors (Lipinski definition) is 0. The number of unbranched alkanes of at least 4 members (excludes halogenated alkanes) is 4. The number of aryl methyl sites for hydroxylation is 1. The normalized spacial score (nSPS) is 13.1. The Labute approximate surface area is 113 Å². The molecule has 0 radical (unpaired) electrons. The highest BCUT2D eigenvalue weighted by Crippen LogP contribution is 2.29. The lowest BCUT2D eigenvalue weighted by molar-refractivity contribution is 0.632. The minimum Gasteiger partial charge on any atom is -0.0795 e. The summed E-state index contributed by atoms with van der Waals surface area (Å²) in [5.74, 6) is 0. The second-order valence-corrected chi connectivity index (χ2v) is 5.77. The highest BCUT2D eigenvalue weighted by atomic mass is 79.9. The van der Waals surface area contributed by atoms with Gasteiger partial charge in [-0.05, 0) is 42.0 Å². The molecule has 0 aromatic heterocycles. The lowest BCUT2D eigenvalue weighted by Crippen LogP contribution is -1.91. The molecule has 1 heteroatoms. The average Bonchev–Trinajstić information content (AvgIpc) is 2.77. The third-order valence-electron chi connectivity index (χ3n) is 3.48. The fraction of sp³-hybridized carbons (Fsp3) is 0.500. The van der Waals surface area contributed by atoms with Gasteiger partial charge in [0.1, 0.15) is 0 Å². The molecule has 0 heterocycles. The van der Waals surface area contributed by atoms with E-state index in [4.69, 9.17) is 0 Å². The second-order valence-electron chi connectivity index (χ2n) is 4.92. The predicted octanol–water partition coefficient (Wildman–Crippen LogP) is 5.53. The highest BCUT2D eigenvalue weighted by Gasteiger charge is 2.10. The molecule has 0 fully saturated rings. The van der Waals surface area contributed by atoms with Gasteiger partial charge in [0.25, 0.3) is 0 Å². The molecule has 0 saturated carbocycles. The molecule has 17 heavy (non-hydrogen) atoms. The molecule has 0 N–H and O–H groups in total. The minimum atomic E-state index is 1.09. The second kappa shape index (κ2) is 6.39. The molecule has 1 aromatic rings. The van der Waals surface area contributed by atoms with Crippen molar-refractivity contribution in [3.8, 4) is 0 Å². The van der Waals surface area contributed by atoms with E-state index in [1.807, 2.05) is 0 Å². The molecular weight excluding hydrogens is 272 g/mol. The van der Waals surface area contributed by atoms with Crippen molar-refractivity contribution < 1.29 is 0 Å². The van der Waals surface area contributed by atoms with Gasteiger partial charge in [0, 0.05) is 4.47 Å². The Balaban J connectivity index is 1.89. The maximum absolute atomic E-state index is 3.69. The van der Waals surface area contributed by atoms with Crippen molar-refractivity contribution in [3.05, 3.63) is 39.4 Å². The molecule has 0 nitrogen and oxygen atoms in total. The molecule has 0 bridgehead atoms. The molecule has 1 aliphatic carbocycles. The summed E-state index contributed by atoms with van der Waals surface area (Å²) in [6, 6.07) is 4.68. The molecule has 0 unspecified atom stereocenters. The first-order chi connectivity index (χ1) is 8.31. The summed E-state index contributed by atoms with van der Waals surface area (Å²) in [6.45, 7) is 2.27. The van der Waals surface area contributed by atoms with Crippen molar-refractivity contribution >= 4 is 22.0 Å². The van der Waals surface area contributed by atoms with Crippen molar-refractivity contribution in [1.29, 1.82) is 0 Å².